The second-order valence-corrected chi connectivity index (χ2v) is 9.05. The number of rotatable bonds is 6. The maximum Gasteiger partial charge on any atom is 0.263 e. The Morgan fingerprint density at radius 3 is 2.69 bits per heavy atom. The van der Waals surface area contributed by atoms with Gasteiger partial charge in [0, 0.05) is 30.0 Å². The van der Waals surface area contributed by atoms with Gasteiger partial charge in [-0.2, -0.15) is 5.10 Å². The highest BCUT2D eigenvalue weighted by atomic mass is 16.2. The molecule has 0 aliphatic heterocycles. The Hall–Kier alpha value is -5.51. The van der Waals surface area contributed by atoms with Crippen LogP contribution in [0.5, 0.6) is 0 Å². The summed E-state index contributed by atoms with van der Waals surface area (Å²) in [6.45, 7) is 1.83. The van der Waals surface area contributed by atoms with Crippen molar-refractivity contribution in [2.45, 2.75) is 13.0 Å². The van der Waals surface area contributed by atoms with Crippen molar-refractivity contribution >= 4 is 40.3 Å². The van der Waals surface area contributed by atoms with E-state index < -0.39 is 11.9 Å². The number of nitrogen functional groups attached to an aromatic ring is 1. The minimum absolute atomic E-state index is 0.0751. The Morgan fingerprint density at radius 1 is 1.05 bits per heavy atom. The molecule has 192 valence electrons. The first-order chi connectivity index (χ1) is 19.0. The van der Waals surface area contributed by atoms with Crippen LogP contribution in [-0.2, 0) is 0 Å². The highest BCUT2D eigenvalue weighted by Crippen LogP contribution is 2.25. The van der Waals surface area contributed by atoms with E-state index in [1.165, 1.54) is 4.52 Å². The summed E-state index contributed by atoms with van der Waals surface area (Å²) in [5, 5.41) is 15.4. The van der Waals surface area contributed by atoms with Gasteiger partial charge in [0.05, 0.1) is 17.1 Å². The van der Waals surface area contributed by atoms with Crippen LogP contribution in [0.2, 0.25) is 0 Å². The Morgan fingerprint density at radius 2 is 1.90 bits per heavy atom. The van der Waals surface area contributed by atoms with Gasteiger partial charge in [0.25, 0.3) is 11.5 Å². The molecule has 0 saturated carbocycles. The van der Waals surface area contributed by atoms with Gasteiger partial charge in [0.1, 0.15) is 5.56 Å². The Labute approximate surface area is 222 Å². The molecule has 39 heavy (non-hydrogen) atoms. The Kier molecular flexibility index (Phi) is 5.96. The molecule has 0 fully saturated rings. The number of hydrogen-bond donors (Lipinski definition) is 3. The lowest BCUT2D eigenvalue weighted by Gasteiger charge is -2.21. The number of amides is 1. The summed E-state index contributed by atoms with van der Waals surface area (Å²) in [7, 11) is 0. The third-order valence-corrected chi connectivity index (χ3v) is 6.53. The first kappa shape index (κ1) is 23.9. The van der Waals surface area contributed by atoms with Crippen molar-refractivity contribution in [2.75, 3.05) is 5.73 Å². The fourth-order valence-corrected chi connectivity index (χ4v) is 4.71. The summed E-state index contributed by atoms with van der Waals surface area (Å²) in [5.74, 6) is -0.358. The predicted octanol–water partition coefficient (Wildman–Crippen LogP) is 4.00. The molecule has 4 N–H and O–H groups in total. The van der Waals surface area contributed by atoms with Crippen molar-refractivity contribution in [1.82, 2.24) is 34.7 Å². The first-order valence-corrected chi connectivity index (χ1v) is 12.3. The van der Waals surface area contributed by atoms with E-state index in [-0.39, 0.29) is 16.9 Å². The van der Waals surface area contributed by atoms with Gasteiger partial charge in [-0.15, -0.1) is 5.10 Å². The molecule has 10 heteroatoms. The van der Waals surface area contributed by atoms with E-state index >= 15 is 0 Å². The van der Waals surface area contributed by atoms with Crippen molar-refractivity contribution in [3.05, 3.63) is 118 Å². The van der Waals surface area contributed by atoms with E-state index in [2.05, 4.69) is 25.6 Å². The number of fused-ring (bicyclic) bond motifs is 2. The lowest BCUT2D eigenvalue weighted by molar-refractivity contribution is 0.0941. The molecule has 0 unspecified atom stereocenters. The number of nitrogens with zero attached hydrogens (tertiary/aromatic N) is 5. The second-order valence-electron chi connectivity index (χ2n) is 9.05. The largest absolute Gasteiger partial charge is 0.381 e. The maximum atomic E-state index is 14.1. The Balaban J connectivity index is 1.47. The zero-order valence-electron chi connectivity index (χ0n) is 20.9. The van der Waals surface area contributed by atoms with Gasteiger partial charge in [-0.1, -0.05) is 42.5 Å². The fourth-order valence-electron chi connectivity index (χ4n) is 4.71. The van der Waals surface area contributed by atoms with Crippen LogP contribution in [0.1, 0.15) is 40.3 Å². The molecular formula is C29H24N8O2. The number of benzene rings is 2. The molecule has 2 aromatic carbocycles. The van der Waals surface area contributed by atoms with Gasteiger partial charge in [-0.3, -0.25) is 19.3 Å². The van der Waals surface area contributed by atoms with Gasteiger partial charge in [0.2, 0.25) is 0 Å². The molecular weight excluding hydrogens is 492 g/mol. The number of nitrogens with two attached hydrogens (primary N) is 1. The smallest absolute Gasteiger partial charge is 0.263 e. The number of carbonyl (C=O) groups is 1. The van der Waals surface area contributed by atoms with Crippen LogP contribution >= 0.6 is 0 Å². The van der Waals surface area contributed by atoms with E-state index in [1.54, 1.807) is 29.2 Å². The lowest BCUT2D eigenvalue weighted by Crippen LogP contribution is -2.32. The minimum atomic E-state index is -0.558. The number of pyridine rings is 1. The summed E-state index contributed by atoms with van der Waals surface area (Å²) in [4.78, 5) is 31.8. The summed E-state index contributed by atoms with van der Waals surface area (Å²) >= 11 is 0. The zero-order valence-corrected chi connectivity index (χ0v) is 20.9. The number of para-hydroxylation sites is 1. The van der Waals surface area contributed by atoms with Crippen LogP contribution < -0.4 is 16.6 Å². The minimum Gasteiger partial charge on any atom is -0.381 e. The number of aromatic nitrogens is 6. The molecule has 4 heterocycles. The van der Waals surface area contributed by atoms with Crippen molar-refractivity contribution < 1.29 is 4.79 Å². The van der Waals surface area contributed by atoms with Crippen LogP contribution in [0.25, 0.3) is 34.3 Å². The van der Waals surface area contributed by atoms with E-state index in [0.29, 0.717) is 22.4 Å². The van der Waals surface area contributed by atoms with Crippen LogP contribution in [-0.4, -0.2) is 35.3 Å². The van der Waals surface area contributed by atoms with Crippen LogP contribution in [0.4, 0.5) is 5.82 Å². The second kappa shape index (κ2) is 9.75. The maximum absolute atomic E-state index is 14.1. The number of nitrogens with one attached hydrogen (secondary N) is 2. The average Bonchev–Trinajstić information content (AvgIpc) is 3.59. The van der Waals surface area contributed by atoms with E-state index in [1.807, 2.05) is 79.7 Å². The van der Waals surface area contributed by atoms with Crippen LogP contribution in [0, 0.1) is 0 Å². The number of aromatic amines is 1. The van der Waals surface area contributed by atoms with Gasteiger partial charge in [-0.25, -0.2) is 9.50 Å². The summed E-state index contributed by atoms with van der Waals surface area (Å²) in [6.07, 6.45) is 8.68. The van der Waals surface area contributed by atoms with Crippen molar-refractivity contribution in [3.8, 4) is 5.69 Å². The van der Waals surface area contributed by atoms with Crippen LogP contribution in [0.3, 0.4) is 0 Å². The molecule has 1 atom stereocenters. The van der Waals surface area contributed by atoms with Gasteiger partial charge in [-0.05, 0) is 54.3 Å². The van der Waals surface area contributed by atoms with E-state index in [9.17, 15) is 9.59 Å². The highest BCUT2D eigenvalue weighted by molar-refractivity contribution is 6.04. The monoisotopic (exact) mass is 516 g/mol. The number of anilines is 1. The van der Waals surface area contributed by atoms with Crippen LogP contribution in [0.15, 0.2) is 90.1 Å². The van der Waals surface area contributed by atoms with E-state index in [4.69, 9.17) is 5.73 Å². The van der Waals surface area contributed by atoms with Gasteiger partial charge < -0.3 is 11.1 Å². The third-order valence-electron chi connectivity index (χ3n) is 6.53. The predicted molar refractivity (Wildman–Crippen MR) is 150 cm³/mol. The molecule has 10 nitrogen and oxygen atoms in total. The summed E-state index contributed by atoms with van der Waals surface area (Å²) < 4.78 is 3.10. The number of H-pyrrole nitrogens is 1. The first-order valence-electron chi connectivity index (χ1n) is 12.3. The highest BCUT2D eigenvalue weighted by Gasteiger charge is 2.23. The number of hydrogen-bond acceptors (Lipinski definition) is 6. The zero-order chi connectivity index (χ0) is 26.9. The average molecular weight is 517 g/mol. The third kappa shape index (κ3) is 4.33. The normalized spacial score (nSPS) is 12.3. The van der Waals surface area contributed by atoms with Gasteiger partial charge in [0.15, 0.2) is 11.5 Å². The molecule has 4 aromatic heterocycles. The quantitative estimate of drug-likeness (QED) is 0.306. The van der Waals surface area contributed by atoms with Gasteiger partial charge >= 0.3 is 0 Å². The molecule has 6 rings (SSSR count). The van der Waals surface area contributed by atoms with Crippen molar-refractivity contribution in [2.24, 2.45) is 0 Å². The topological polar surface area (TPSA) is 136 Å². The molecule has 0 bridgehead atoms. The summed E-state index contributed by atoms with van der Waals surface area (Å²) in [5.41, 5.74) is 9.30. The van der Waals surface area contributed by atoms with E-state index in [0.717, 1.165) is 16.6 Å². The standard InChI is InChI=1S/C29H24N8O2/c1-18(33-28(38)25-26(30)35-36-16-6-14-31-27(25)36)23-17-20-8-5-7-19(11-12-21-13-15-32-34-21)24(20)29(39)37(23)22-9-3-2-4-10-22/h2-18H,1H3,(H2,30,35)(H,32,34)(H,33,38)/b12-11+/t18-/m1/s1. The molecule has 0 spiro atoms. The molecule has 1 amide bonds. The van der Waals surface area contributed by atoms with Crippen molar-refractivity contribution in [1.29, 1.82) is 0 Å². The number of carbonyl (C=O) groups excluding carboxylic acids is 1. The molecule has 0 aliphatic rings. The van der Waals surface area contributed by atoms with Crippen molar-refractivity contribution in [3.63, 3.8) is 0 Å². The summed E-state index contributed by atoms with van der Waals surface area (Å²) in [6, 6.07) is 20.0. The Bertz CT molecular complexity index is 1900. The SMILES string of the molecule is C[C@@H](NC(=O)c1c(N)nn2cccnc12)c1cc2cccc(/C=C/c3ccn[nH]3)c2c(=O)n1-c1ccccc1. The molecule has 0 saturated heterocycles. The molecule has 6 aromatic rings. The fraction of sp³-hybridized carbons (Fsp3) is 0.0690. The lowest BCUT2D eigenvalue weighted by atomic mass is 10.0. The molecule has 0 aliphatic carbocycles. The molecule has 0 radical (unpaired) electrons.